The van der Waals surface area contributed by atoms with Crippen molar-refractivity contribution >= 4 is 17.1 Å². The van der Waals surface area contributed by atoms with Crippen LogP contribution in [0.2, 0.25) is 0 Å². The Labute approximate surface area is 61.4 Å². The molecule has 0 aliphatic heterocycles. The number of allylic oxidation sites excluding steroid dienone is 1. The highest BCUT2D eigenvalue weighted by Crippen LogP contribution is 1.87. The van der Waals surface area contributed by atoms with E-state index in [1.54, 1.807) is 0 Å². The molecule has 0 aromatic carbocycles. The van der Waals surface area contributed by atoms with Gasteiger partial charge >= 0.3 is 0 Å². The molecule has 58 valence electrons. The van der Waals surface area contributed by atoms with Gasteiger partial charge in [0.25, 0.3) is 0 Å². The molecule has 0 aromatic rings. The normalized spacial score (nSPS) is 12.5. The van der Waals surface area contributed by atoms with Crippen molar-refractivity contribution in [1.29, 1.82) is 0 Å². The second kappa shape index (κ2) is 5.28. The summed E-state index contributed by atoms with van der Waals surface area (Å²) in [5.74, 6) is -0.231. The number of ketones is 1. The standard InChI is InChI=1S/C5H8O4S/c1-2-5(6)3-4-9-10(7)8/h2H,1,3-4H2,(H,7,8)/p-1. The lowest BCUT2D eigenvalue weighted by molar-refractivity contribution is -0.115. The summed E-state index contributed by atoms with van der Waals surface area (Å²) < 4.78 is 23.5. The zero-order chi connectivity index (χ0) is 7.98. The molecule has 0 N–H and O–H groups in total. The van der Waals surface area contributed by atoms with E-state index >= 15 is 0 Å². The summed E-state index contributed by atoms with van der Waals surface area (Å²) in [4.78, 5) is 10.4. The van der Waals surface area contributed by atoms with Gasteiger partial charge in [0.15, 0.2) is 5.78 Å². The first-order valence-electron chi connectivity index (χ1n) is 2.54. The van der Waals surface area contributed by atoms with Crippen molar-refractivity contribution in [2.75, 3.05) is 6.61 Å². The third-order valence-electron chi connectivity index (χ3n) is 0.756. The lowest BCUT2D eigenvalue weighted by Crippen LogP contribution is -2.02. The van der Waals surface area contributed by atoms with E-state index in [0.717, 1.165) is 6.08 Å². The highest BCUT2D eigenvalue weighted by molar-refractivity contribution is 7.74. The Morgan fingerprint density at radius 2 is 2.40 bits per heavy atom. The predicted octanol–water partition coefficient (Wildman–Crippen LogP) is -0.0577. The van der Waals surface area contributed by atoms with Gasteiger partial charge in [-0.3, -0.25) is 4.79 Å². The van der Waals surface area contributed by atoms with Crippen LogP contribution in [0.1, 0.15) is 6.42 Å². The molecule has 0 saturated heterocycles. The fourth-order valence-corrected chi connectivity index (χ4v) is 0.532. The summed E-state index contributed by atoms with van der Waals surface area (Å²) in [6.07, 6.45) is 1.18. The average Bonchev–Trinajstić information content (AvgIpc) is 1.87. The van der Waals surface area contributed by atoms with E-state index in [1.807, 2.05) is 0 Å². The molecule has 0 fully saturated rings. The molecule has 0 radical (unpaired) electrons. The zero-order valence-corrected chi connectivity index (χ0v) is 6.06. The molecular weight excluding hydrogens is 156 g/mol. The minimum atomic E-state index is -2.52. The van der Waals surface area contributed by atoms with Crippen LogP contribution < -0.4 is 0 Å². The summed E-state index contributed by atoms with van der Waals surface area (Å²) in [5.41, 5.74) is 0. The predicted molar refractivity (Wildman–Crippen MR) is 34.7 cm³/mol. The molecule has 0 bridgehead atoms. The number of rotatable bonds is 5. The summed E-state index contributed by atoms with van der Waals surface area (Å²) in [6, 6.07) is 0. The maximum Gasteiger partial charge on any atom is 0.157 e. The molecule has 0 heterocycles. The molecule has 1 atom stereocenters. The highest BCUT2D eigenvalue weighted by Gasteiger charge is 1.94. The molecule has 1 unspecified atom stereocenters. The van der Waals surface area contributed by atoms with Gasteiger partial charge in [0.2, 0.25) is 0 Å². The van der Waals surface area contributed by atoms with Crippen LogP contribution >= 0.6 is 0 Å². The number of hydrogen-bond acceptors (Lipinski definition) is 4. The van der Waals surface area contributed by atoms with E-state index in [1.165, 1.54) is 0 Å². The first-order valence-corrected chi connectivity index (χ1v) is 3.54. The number of carbonyl (C=O) groups excluding carboxylic acids is 1. The Bertz CT molecular complexity index is 154. The van der Waals surface area contributed by atoms with Crippen LogP contribution in [0.15, 0.2) is 12.7 Å². The van der Waals surface area contributed by atoms with Gasteiger partial charge in [-0.1, -0.05) is 6.58 Å². The summed E-state index contributed by atoms with van der Waals surface area (Å²) in [7, 11) is 0. The Balaban J connectivity index is 3.28. The van der Waals surface area contributed by atoms with Crippen molar-refractivity contribution < 1.29 is 17.7 Å². The Hall–Kier alpha value is -0.520. The van der Waals surface area contributed by atoms with E-state index in [4.69, 9.17) is 0 Å². The van der Waals surface area contributed by atoms with Gasteiger partial charge in [-0.25, -0.2) is 4.21 Å². The molecule has 0 aliphatic rings. The molecule has 0 spiro atoms. The molecular formula is C5H7O4S-. The maximum absolute atomic E-state index is 10.4. The zero-order valence-electron chi connectivity index (χ0n) is 5.24. The summed E-state index contributed by atoms with van der Waals surface area (Å²) in [5, 5.41) is 0. The summed E-state index contributed by atoms with van der Waals surface area (Å²) in [6.45, 7) is 3.09. The fraction of sp³-hybridized carbons (Fsp3) is 0.400. The van der Waals surface area contributed by atoms with E-state index in [9.17, 15) is 13.6 Å². The van der Waals surface area contributed by atoms with Crippen molar-refractivity contribution in [2.45, 2.75) is 6.42 Å². The molecule has 0 rings (SSSR count). The second-order valence-corrected chi connectivity index (χ2v) is 2.09. The van der Waals surface area contributed by atoms with Gasteiger partial charge in [-0.05, 0) is 6.08 Å². The first kappa shape index (κ1) is 9.48. The van der Waals surface area contributed by atoms with Crippen LogP contribution in [0.3, 0.4) is 0 Å². The molecule has 0 aromatic heterocycles. The van der Waals surface area contributed by atoms with Gasteiger partial charge < -0.3 is 8.74 Å². The van der Waals surface area contributed by atoms with E-state index in [2.05, 4.69) is 10.8 Å². The molecule has 0 amide bonds. The Morgan fingerprint density at radius 3 is 2.80 bits per heavy atom. The first-order chi connectivity index (χ1) is 4.66. The minimum Gasteiger partial charge on any atom is -0.750 e. The third-order valence-corrected chi connectivity index (χ3v) is 1.11. The second-order valence-electron chi connectivity index (χ2n) is 1.45. The molecule has 0 saturated carbocycles. The van der Waals surface area contributed by atoms with Crippen LogP contribution in [0, 0.1) is 0 Å². The monoisotopic (exact) mass is 163 g/mol. The van der Waals surface area contributed by atoms with Crippen LogP contribution in [-0.4, -0.2) is 21.2 Å². The SMILES string of the molecule is C=CC(=O)CCOS(=O)[O-]. The number of hydrogen-bond donors (Lipinski definition) is 0. The van der Waals surface area contributed by atoms with Crippen LogP contribution in [0.25, 0.3) is 0 Å². The third kappa shape index (κ3) is 5.61. The van der Waals surface area contributed by atoms with Crippen LogP contribution in [-0.2, 0) is 20.3 Å². The Kier molecular flexibility index (Phi) is 5.00. The quantitative estimate of drug-likeness (QED) is 0.420. The largest absolute Gasteiger partial charge is 0.750 e. The van der Waals surface area contributed by atoms with Crippen molar-refractivity contribution in [1.82, 2.24) is 0 Å². The van der Waals surface area contributed by atoms with Crippen LogP contribution in [0.5, 0.6) is 0 Å². The van der Waals surface area contributed by atoms with E-state index < -0.39 is 11.4 Å². The van der Waals surface area contributed by atoms with Gasteiger partial charge in [0.1, 0.15) is 0 Å². The van der Waals surface area contributed by atoms with E-state index in [-0.39, 0.29) is 18.8 Å². The van der Waals surface area contributed by atoms with Crippen molar-refractivity contribution in [3.8, 4) is 0 Å². The maximum atomic E-state index is 10.4. The smallest absolute Gasteiger partial charge is 0.157 e. The van der Waals surface area contributed by atoms with Gasteiger partial charge in [-0.2, -0.15) is 0 Å². The van der Waals surface area contributed by atoms with Crippen molar-refractivity contribution in [3.63, 3.8) is 0 Å². The van der Waals surface area contributed by atoms with Crippen molar-refractivity contribution in [3.05, 3.63) is 12.7 Å². The lowest BCUT2D eigenvalue weighted by atomic mass is 10.3. The number of carbonyl (C=O) groups is 1. The molecule has 4 nitrogen and oxygen atoms in total. The van der Waals surface area contributed by atoms with E-state index in [0.29, 0.717) is 0 Å². The average molecular weight is 163 g/mol. The van der Waals surface area contributed by atoms with Gasteiger partial charge in [0.05, 0.1) is 18.0 Å². The fourth-order valence-electron chi connectivity index (χ4n) is 0.312. The van der Waals surface area contributed by atoms with Gasteiger partial charge in [0, 0.05) is 6.42 Å². The molecule has 10 heavy (non-hydrogen) atoms. The van der Waals surface area contributed by atoms with Gasteiger partial charge in [-0.15, -0.1) is 0 Å². The minimum absolute atomic E-state index is 0.0531. The molecule has 5 heteroatoms. The molecule has 0 aliphatic carbocycles. The van der Waals surface area contributed by atoms with Crippen LogP contribution in [0.4, 0.5) is 0 Å². The Morgan fingerprint density at radius 1 is 1.80 bits per heavy atom. The topological polar surface area (TPSA) is 66.4 Å². The lowest BCUT2D eigenvalue weighted by Gasteiger charge is -2.02. The highest BCUT2D eigenvalue weighted by atomic mass is 32.2. The summed E-state index contributed by atoms with van der Waals surface area (Å²) >= 11 is -2.52. The van der Waals surface area contributed by atoms with Crippen molar-refractivity contribution in [2.24, 2.45) is 0 Å².